The summed E-state index contributed by atoms with van der Waals surface area (Å²) in [6.45, 7) is 7.69. The Morgan fingerprint density at radius 1 is 1.05 bits per heavy atom. The van der Waals surface area contributed by atoms with Gasteiger partial charge in [0.25, 0.3) is 11.8 Å². The second-order valence-corrected chi connectivity index (χ2v) is 10.0. The molecule has 2 heterocycles. The summed E-state index contributed by atoms with van der Waals surface area (Å²) in [6, 6.07) is 17.4. The van der Waals surface area contributed by atoms with Gasteiger partial charge in [0.2, 0.25) is 0 Å². The molecule has 0 saturated carbocycles. The molecule has 0 radical (unpaired) electrons. The Kier molecular flexibility index (Phi) is 9.71. The van der Waals surface area contributed by atoms with Gasteiger partial charge in [-0.3, -0.25) is 19.3 Å². The lowest BCUT2D eigenvalue weighted by molar-refractivity contribution is -0.141. The Morgan fingerprint density at radius 3 is 2.48 bits per heavy atom. The zero-order valence-corrected chi connectivity index (χ0v) is 24.3. The summed E-state index contributed by atoms with van der Waals surface area (Å²) in [5.74, 6) is -0.849. The van der Waals surface area contributed by atoms with Gasteiger partial charge in [-0.15, -0.1) is 0 Å². The molecule has 0 aliphatic carbocycles. The number of hydrogen-bond acceptors (Lipinski definition) is 7. The van der Waals surface area contributed by atoms with E-state index >= 15 is 0 Å². The first-order valence-corrected chi connectivity index (χ1v) is 14.0. The van der Waals surface area contributed by atoms with Gasteiger partial charge >= 0.3 is 5.97 Å². The molecular formula is C33H34N4O5. The molecule has 0 bridgehead atoms. The van der Waals surface area contributed by atoms with Crippen LogP contribution in [0.5, 0.6) is 5.75 Å². The molecule has 2 amide bonds. The molecular weight excluding hydrogens is 532 g/mol. The lowest BCUT2D eigenvalue weighted by Gasteiger charge is -2.27. The molecule has 3 aromatic rings. The van der Waals surface area contributed by atoms with E-state index in [1.165, 1.54) is 6.92 Å². The summed E-state index contributed by atoms with van der Waals surface area (Å²) >= 11 is 0. The fraction of sp³-hybridized carbons (Fsp3) is 0.303. The van der Waals surface area contributed by atoms with E-state index in [1.54, 1.807) is 17.7 Å². The predicted molar refractivity (Wildman–Crippen MR) is 158 cm³/mol. The molecule has 1 aliphatic heterocycles. The van der Waals surface area contributed by atoms with Crippen molar-refractivity contribution in [2.75, 3.05) is 19.8 Å². The maximum Gasteiger partial charge on any atom is 0.302 e. The van der Waals surface area contributed by atoms with Crippen molar-refractivity contribution >= 4 is 23.9 Å². The Hall–Kier alpha value is -4.97. The van der Waals surface area contributed by atoms with E-state index in [9.17, 15) is 19.6 Å². The number of amides is 2. The molecule has 4 rings (SSSR count). The first-order valence-electron chi connectivity index (χ1n) is 14.0. The highest BCUT2D eigenvalue weighted by atomic mass is 16.5. The van der Waals surface area contributed by atoms with E-state index in [-0.39, 0.29) is 30.7 Å². The molecule has 1 aromatic heterocycles. The van der Waals surface area contributed by atoms with Crippen molar-refractivity contribution in [3.63, 3.8) is 0 Å². The maximum absolute atomic E-state index is 13.6. The second kappa shape index (κ2) is 13.6. The largest absolute Gasteiger partial charge is 0.494 e. The highest BCUT2D eigenvalue weighted by Gasteiger charge is 2.35. The number of aromatic nitrogens is 2. The van der Waals surface area contributed by atoms with Crippen LogP contribution in [0.3, 0.4) is 0 Å². The first-order chi connectivity index (χ1) is 20.2. The molecule has 0 spiro atoms. The number of para-hydroxylation sites is 1. The van der Waals surface area contributed by atoms with Crippen LogP contribution in [0.1, 0.15) is 51.2 Å². The van der Waals surface area contributed by atoms with Crippen molar-refractivity contribution in [1.29, 1.82) is 5.26 Å². The SMILES string of the molecule is CCCCOc1ccc(-c2nn(-c3ccccc3)cc2/C=C2/C(=O)N(CCCOC(C)=O)C(=O)C(C#N)=C2C)c(C)c1. The summed E-state index contributed by atoms with van der Waals surface area (Å²) < 4.78 is 12.6. The van der Waals surface area contributed by atoms with Crippen LogP contribution in [-0.2, 0) is 19.1 Å². The quantitative estimate of drug-likeness (QED) is 0.129. The average Bonchev–Trinajstić information content (AvgIpc) is 3.39. The van der Waals surface area contributed by atoms with Crippen LogP contribution in [0.4, 0.5) is 0 Å². The molecule has 9 nitrogen and oxygen atoms in total. The smallest absolute Gasteiger partial charge is 0.302 e. The Labute approximate surface area is 245 Å². The van der Waals surface area contributed by atoms with Crippen LogP contribution < -0.4 is 4.74 Å². The minimum absolute atomic E-state index is 0.00941. The molecule has 2 aromatic carbocycles. The number of carbonyl (C=O) groups excluding carboxylic acids is 3. The van der Waals surface area contributed by atoms with Gasteiger partial charge in [0.05, 0.1) is 18.9 Å². The Morgan fingerprint density at radius 2 is 1.81 bits per heavy atom. The van der Waals surface area contributed by atoms with E-state index in [1.807, 2.05) is 67.7 Å². The van der Waals surface area contributed by atoms with Crippen molar-refractivity contribution < 1.29 is 23.9 Å². The third-order valence-corrected chi connectivity index (χ3v) is 6.94. The van der Waals surface area contributed by atoms with Crippen LogP contribution in [0.15, 0.2) is 71.4 Å². The molecule has 42 heavy (non-hydrogen) atoms. The van der Waals surface area contributed by atoms with Gasteiger partial charge in [-0.25, -0.2) is 4.68 Å². The second-order valence-electron chi connectivity index (χ2n) is 10.0. The highest BCUT2D eigenvalue weighted by molar-refractivity contribution is 6.19. The van der Waals surface area contributed by atoms with Gasteiger partial charge in [0, 0.05) is 36.4 Å². The molecule has 0 fully saturated rings. The molecule has 0 atom stereocenters. The van der Waals surface area contributed by atoms with Crippen molar-refractivity contribution in [3.05, 3.63) is 82.6 Å². The van der Waals surface area contributed by atoms with Crippen molar-refractivity contribution in [1.82, 2.24) is 14.7 Å². The highest BCUT2D eigenvalue weighted by Crippen LogP contribution is 2.33. The van der Waals surface area contributed by atoms with Crippen LogP contribution >= 0.6 is 0 Å². The molecule has 0 N–H and O–H groups in total. The third-order valence-electron chi connectivity index (χ3n) is 6.94. The average molecular weight is 567 g/mol. The topological polar surface area (TPSA) is 115 Å². The van der Waals surface area contributed by atoms with Crippen LogP contribution in [0.2, 0.25) is 0 Å². The zero-order valence-electron chi connectivity index (χ0n) is 24.3. The van der Waals surface area contributed by atoms with E-state index in [2.05, 4.69) is 6.92 Å². The van der Waals surface area contributed by atoms with Crippen LogP contribution in [-0.4, -0.2) is 52.2 Å². The molecule has 0 unspecified atom stereocenters. The summed E-state index contributed by atoms with van der Waals surface area (Å²) in [4.78, 5) is 38.8. The number of nitrogens with zero attached hydrogens (tertiary/aromatic N) is 4. The normalized spacial score (nSPS) is 14.4. The summed E-state index contributed by atoms with van der Waals surface area (Å²) in [5, 5.41) is 14.7. The summed E-state index contributed by atoms with van der Waals surface area (Å²) in [6.07, 6.45) is 5.78. The van der Waals surface area contributed by atoms with E-state index in [0.29, 0.717) is 23.4 Å². The number of carbonyl (C=O) groups is 3. The molecule has 216 valence electrons. The fourth-order valence-corrected chi connectivity index (χ4v) is 4.67. The number of hydrogen-bond donors (Lipinski definition) is 0. The number of rotatable bonds is 11. The van der Waals surface area contributed by atoms with E-state index < -0.39 is 17.8 Å². The van der Waals surface area contributed by atoms with E-state index in [0.717, 1.165) is 40.3 Å². The van der Waals surface area contributed by atoms with Gasteiger partial charge in [0.1, 0.15) is 23.1 Å². The van der Waals surface area contributed by atoms with Gasteiger partial charge in [-0.2, -0.15) is 10.4 Å². The number of imide groups is 1. The predicted octanol–water partition coefficient (Wildman–Crippen LogP) is 5.57. The fourth-order valence-electron chi connectivity index (χ4n) is 4.67. The van der Waals surface area contributed by atoms with Crippen molar-refractivity contribution in [3.8, 4) is 28.8 Å². The van der Waals surface area contributed by atoms with Crippen molar-refractivity contribution in [2.24, 2.45) is 0 Å². The molecule has 0 saturated heterocycles. The minimum atomic E-state index is -0.658. The van der Waals surface area contributed by atoms with Gasteiger partial charge in [-0.05, 0) is 74.2 Å². The monoisotopic (exact) mass is 566 g/mol. The Bertz CT molecular complexity index is 1590. The van der Waals surface area contributed by atoms with Crippen LogP contribution in [0, 0.1) is 18.3 Å². The number of esters is 1. The number of nitriles is 1. The summed E-state index contributed by atoms with van der Waals surface area (Å²) in [7, 11) is 0. The molecule has 9 heteroatoms. The lowest BCUT2D eigenvalue weighted by atomic mass is 9.92. The zero-order chi connectivity index (χ0) is 30.2. The molecule has 1 aliphatic rings. The van der Waals surface area contributed by atoms with Crippen LogP contribution in [0.25, 0.3) is 23.0 Å². The number of benzene rings is 2. The van der Waals surface area contributed by atoms with E-state index in [4.69, 9.17) is 14.6 Å². The third kappa shape index (κ3) is 6.66. The minimum Gasteiger partial charge on any atom is -0.494 e. The summed E-state index contributed by atoms with van der Waals surface area (Å²) in [5.41, 5.74) is 4.36. The van der Waals surface area contributed by atoms with Gasteiger partial charge in [-0.1, -0.05) is 31.5 Å². The van der Waals surface area contributed by atoms with Crippen molar-refractivity contribution in [2.45, 2.75) is 47.0 Å². The first kappa shape index (κ1) is 30.0. The number of aryl methyl sites for hydroxylation is 1. The maximum atomic E-state index is 13.6. The number of unbranched alkanes of at least 4 members (excludes halogenated alkanes) is 1. The van der Waals surface area contributed by atoms with Gasteiger partial charge < -0.3 is 9.47 Å². The Balaban J connectivity index is 1.79. The number of ether oxygens (including phenoxy) is 2. The van der Waals surface area contributed by atoms with Gasteiger partial charge in [0.15, 0.2) is 0 Å². The lowest BCUT2D eigenvalue weighted by Crippen LogP contribution is -2.43. The standard InChI is InChI=1S/C33H34N4O5/c1-5-6-16-42-27-13-14-28(22(2)18-27)31-25(21-37(35-31)26-11-8-7-9-12-26)19-29-23(3)30(20-34)33(40)36(32(29)39)15-10-17-41-24(4)38/h7-9,11-14,18-19,21H,5-6,10,15-17H2,1-4H3/b29-19+.